The van der Waals surface area contributed by atoms with Crippen molar-refractivity contribution < 1.29 is 4.79 Å². The summed E-state index contributed by atoms with van der Waals surface area (Å²) in [7, 11) is 1.80. The Morgan fingerprint density at radius 3 is 2.80 bits per heavy atom. The summed E-state index contributed by atoms with van der Waals surface area (Å²) in [4.78, 5) is 12.8. The van der Waals surface area contributed by atoms with Gasteiger partial charge in [0.05, 0.1) is 6.04 Å². The Hall–Kier alpha value is -0.570. The minimum atomic E-state index is -0.265. The van der Waals surface area contributed by atoms with E-state index in [0.29, 0.717) is 5.92 Å². The number of hydrogen-bond donors (Lipinski definition) is 1. The second-order valence-corrected chi connectivity index (χ2v) is 3.05. The highest BCUT2D eigenvalue weighted by Crippen LogP contribution is 2.14. The van der Waals surface area contributed by atoms with Crippen LogP contribution in [0.1, 0.15) is 13.3 Å². The number of nitrogens with two attached hydrogens (primary N) is 1. The highest BCUT2D eigenvalue weighted by atomic mass is 16.2. The lowest BCUT2D eigenvalue weighted by molar-refractivity contribution is -0.135. The predicted molar refractivity (Wildman–Crippen MR) is 39.4 cm³/mol. The fraction of sp³-hybridized carbons (Fsp3) is 0.857. The summed E-state index contributed by atoms with van der Waals surface area (Å²) in [6, 6.07) is -0.265. The first-order valence-electron chi connectivity index (χ1n) is 3.63. The first-order chi connectivity index (χ1) is 4.63. The molecule has 1 fully saturated rings. The normalized spacial score (nSPS) is 34.7. The van der Waals surface area contributed by atoms with E-state index in [0.717, 1.165) is 13.0 Å². The molecule has 3 heteroatoms. The molecule has 2 unspecified atom stereocenters. The Bertz CT molecular complexity index is 147. The molecule has 0 aliphatic carbocycles. The van der Waals surface area contributed by atoms with Crippen LogP contribution in [0.25, 0.3) is 0 Å². The number of nitrogens with zero attached hydrogens (tertiary/aromatic N) is 1. The number of likely N-dealkylation sites (tertiary alicyclic amines) is 1. The van der Waals surface area contributed by atoms with E-state index in [9.17, 15) is 4.79 Å². The summed E-state index contributed by atoms with van der Waals surface area (Å²) >= 11 is 0. The van der Waals surface area contributed by atoms with Gasteiger partial charge in [0.2, 0.25) is 5.91 Å². The van der Waals surface area contributed by atoms with Gasteiger partial charge in [-0.1, -0.05) is 6.92 Å². The zero-order valence-electron chi connectivity index (χ0n) is 6.50. The van der Waals surface area contributed by atoms with E-state index in [-0.39, 0.29) is 11.9 Å². The minimum absolute atomic E-state index is 0.0822. The highest BCUT2D eigenvalue weighted by Gasteiger charge is 2.28. The van der Waals surface area contributed by atoms with Crippen LogP contribution >= 0.6 is 0 Å². The lowest BCUT2D eigenvalue weighted by atomic mass is 9.94. The predicted octanol–water partition coefficient (Wildman–Crippen LogP) is -0.188. The molecule has 0 bridgehead atoms. The van der Waals surface area contributed by atoms with Crippen molar-refractivity contribution in [3.63, 3.8) is 0 Å². The van der Waals surface area contributed by atoms with Gasteiger partial charge in [-0.05, 0) is 12.3 Å². The van der Waals surface area contributed by atoms with Gasteiger partial charge in [0.25, 0.3) is 0 Å². The average molecular weight is 142 g/mol. The first-order valence-corrected chi connectivity index (χ1v) is 3.63. The Kier molecular flexibility index (Phi) is 1.94. The molecule has 0 aromatic carbocycles. The van der Waals surface area contributed by atoms with Gasteiger partial charge < -0.3 is 10.6 Å². The van der Waals surface area contributed by atoms with E-state index in [2.05, 4.69) is 0 Å². The van der Waals surface area contributed by atoms with Crippen LogP contribution < -0.4 is 5.73 Å². The van der Waals surface area contributed by atoms with Crippen LogP contribution in [0.2, 0.25) is 0 Å². The summed E-state index contributed by atoms with van der Waals surface area (Å²) in [6.07, 6.45) is 1.03. The molecule has 1 heterocycles. The summed E-state index contributed by atoms with van der Waals surface area (Å²) in [6.45, 7) is 2.88. The molecular weight excluding hydrogens is 128 g/mol. The Labute approximate surface area is 61.2 Å². The molecule has 0 aromatic heterocycles. The van der Waals surface area contributed by atoms with Crippen LogP contribution in [0, 0.1) is 5.92 Å². The van der Waals surface area contributed by atoms with Crippen molar-refractivity contribution in [2.24, 2.45) is 11.7 Å². The summed E-state index contributed by atoms with van der Waals surface area (Å²) < 4.78 is 0. The molecule has 0 radical (unpaired) electrons. The van der Waals surface area contributed by atoms with Crippen molar-refractivity contribution in [3.05, 3.63) is 0 Å². The molecule has 3 nitrogen and oxygen atoms in total. The van der Waals surface area contributed by atoms with Gasteiger partial charge in [-0.2, -0.15) is 0 Å². The van der Waals surface area contributed by atoms with E-state index in [1.807, 2.05) is 6.92 Å². The molecule has 2 atom stereocenters. The van der Waals surface area contributed by atoms with Crippen molar-refractivity contribution in [2.75, 3.05) is 13.6 Å². The molecule has 1 aliphatic heterocycles. The smallest absolute Gasteiger partial charge is 0.239 e. The van der Waals surface area contributed by atoms with Crippen LogP contribution in [0.4, 0.5) is 0 Å². The van der Waals surface area contributed by atoms with Crippen LogP contribution in [0.3, 0.4) is 0 Å². The Morgan fingerprint density at radius 1 is 1.70 bits per heavy atom. The van der Waals surface area contributed by atoms with Crippen molar-refractivity contribution in [3.8, 4) is 0 Å². The first kappa shape index (κ1) is 7.54. The van der Waals surface area contributed by atoms with E-state index in [4.69, 9.17) is 5.73 Å². The van der Waals surface area contributed by atoms with Crippen molar-refractivity contribution in [1.29, 1.82) is 0 Å². The van der Waals surface area contributed by atoms with Crippen LogP contribution in [-0.4, -0.2) is 30.4 Å². The van der Waals surface area contributed by atoms with E-state index >= 15 is 0 Å². The van der Waals surface area contributed by atoms with Gasteiger partial charge in [-0.3, -0.25) is 4.79 Å². The van der Waals surface area contributed by atoms with Crippen molar-refractivity contribution in [2.45, 2.75) is 19.4 Å². The second-order valence-electron chi connectivity index (χ2n) is 3.05. The maximum absolute atomic E-state index is 11.1. The van der Waals surface area contributed by atoms with Gasteiger partial charge in [-0.25, -0.2) is 0 Å². The lowest BCUT2D eigenvalue weighted by Gasteiger charge is -2.31. The third kappa shape index (κ3) is 1.14. The quantitative estimate of drug-likeness (QED) is 0.509. The Balaban J connectivity index is 2.60. The lowest BCUT2D eigenvalue weighted by Crippen LogP contribution is -2.50. The third-order valence-electron chi connectivity index (χ3n) is 2.19. The molecular formula is C7H14N2O. The number of hydrogen-bond acceptors (Lipinski definition) is 2. The SMILES string of the molecule is CC1CCN(C)C(=O)C1N. The standard InChI is InChI=1S/C7H14N2O/c1-5-3-4-9(2)7(10)6(5)8/h5-6H,3-4,8H2,1-2H3. The van der Waals surface area contributed by atoms with Gasteiger partial charge >= 0.3 is 0 Å². The molecule has 10 heavy (non-hydrogen) atoms. The van der Waals surface area contributed by atoms with Gasteiger partial charge in [-0.15, -0.1) is 0 Å². The van der Waals surface area contributed by atoms with E-state index in [1.54, 1.807) is 11.9 Å². The van der Waals surface area contributed by atoms with Crippen molar-refractivity contribution >= 4 is 5.91 Å². The molecule has 1 saturated heterocycles. The number of carbonyl (C=O) groups is 1. The molecule has 58 valence electrons. The molecule has 2 N–H and O–H groups in total. The molecule has 1 aliphatic rings. The van der Waals surface area contributed by atoms with Gasteiger partial charge in [0, 0.05) is 13.6 Å². The van der Waals surface area contributed by atoms with Crippen molar-refractivity contribution in [1.82, 2.24) is 4.90 Å². The topological polar surface area (TPSA) is 46.3 Å². The fourth-order valence-electron chi connectivity index (χ4n) is 1.18. The zero-order chi connectivity index (χ0) is 7.72. The second kappa shape index (κ2) is 2.58. The fourth-order valence-corrected chi connectivity index (χ4v) is 1.18. The van der Waals surface area contributed by atoms with E-state index < -0.39 is 0 Å². The summed E-state index contributed by atoms with van der Waals surface area (Å²) in [5, 5.41) is 0. The minimum Gasteiger partial charge on any atom is -0.344 e. The van der Waals surface area contributed by atoms with E-state index in [1.165, 1.54) is 0 Å². The number of carbonyl (C=O) groups excluding carboxylic acids is 1. The number of likely N-dealkylation sites (N-methyl/N-ethyl adjacent to an activating group) is 1. The largest absolute Gasteiger partial charge is 0.344 e. The van der Waals surface area contributed by atoms with Crippen LogP contribution in [-0.2, 0) is 4.79 Å². The zero-order valence-corrected chi connectivity index (χ0v) is 6.50. The average Bonchev–Trinajstić information content (AvgIpc) is 1.93. The number of amides is 1. The number of piperidine rings is 1. The molecule has 0 saturated carbocycles. The highest BCUT2D eigenvalue weighted by molar-refractivity contribution is 5.82. The molecule has 0 spiro atoms. The molecule has 1 amide bonds. The van der Waals surface area contributed by atoms with Crippen LogP contribution in [0.5, 0.6) is 0 Å². The third-order valence-corrected chi connectivity index (χ3v) is 2.19. The number of rotatable bonds is 0. The van der Waals surface area contributed by atoms with Gasteiger partial charge in [0.1, 0.15) is 0 Å². The molecule has 0 aromatic rings. The van der Waals surface area contributed by atoms with Gasteiger partial charge in [0.15, 0.2) is 0 Å². The molecule has 1 rings (SSSR count). The maximum Gasteiger partial charge on any atom is 0.239 e. The summed E-state index contributed by atoms with van der Waals surface area (Å²) in [5.41, 5.74) is 5.62. The Morgan fingerprint density at radius 2 is 2.30 bits per heavy atom. The summed E-state index contributed by atoms with van der Waals surface area (Å²) in [5.74, 6) is 0.433. The monoisotopic (exact) mass is 142 g/mol. The maximum atomic E-state index is 11.1. The van der Waals surface area contributed by atoms with Crippen LogP contribution in [0.15, 0.2) is 0 Å².